The van der Waals surface area contributed by atoms with Gasteiger partial charge < -0.3 is 10.6 Å². The zero-order chi connectivity index (χ0) is 17.3. The first-order valence-electron chi connectivity index (χ1n) is 9.54. The van der Waals surface area contributed by atoms with E-state index < -0.39 is 0 Å². The van der Waals surface area contributed by atoms with Crippen LogP contribution in [-0.2, 0) is 4.79 Å². The molecule has 0 aliphatic heterocycles. The number of nitrogens with two attached hydrogens (primary N) is 1. The lowest BCUT2D eigenvalue weighted by Crippen LogP contribution is -2.92. The van der Waals surface area contributed by atoms with Gasteiger partial charge in [0.1, 0.15) is 0 Å². The Morgan fingerprint density at radius 2 is 1.76 bits per heavy atom. The minimum atomic E-state index is -0.0422. The number of hydrogen-bond acceptors (Lipinski definition) is 2. The van der Waals surface area contributed by atoms with Crippen molar-refractivity contribution in [2.45, 2.75) is 57.0 Å². The molecule has 0 spiro atoms. The molecule has 1 atom stereocenters. The number of carbonyl (C=O) groups is 1. The summed E-state index contributed by atoms with van der Waals surface area (Å²) in [5.74, 6) is 0.129. The van der Waals surface area contributed by atoms with Gasteiger partial charge in [-0.05, 0) is 42.7 Å². The van der Waals surface area contributed by atoms with Gasteiger partial charge in [-0.25, -0.2) is 0 Å². The molecule has 1 heterocycles. The van der Waals surface area contributed by atoms with Crippen LogP contribution in [0, 0.1) is 0 Å². The van der Waals surface area contributed by atoms with Gasteiger partial charge in [0.2, 0.25) is 0 Å². The lowest BCUT2D eigenvalue weighted by atomic mass is 9.97. The second-order valence-electron chi connectivity index (χ2n) is 6.97. The average molecular weight is 358 g/mol. The minimum absolute atomic E-state index is 0.0422. The molecule has 0 saturated heterocycles. The van der Waals surface area contributed by atoms with Gasteiger partial charge in [0.25, 0.3) is 5.91 Å². The third-order valence-electron chi connectivity index (χ3n) is 5.05. The highest BCUT2D eigenvalue weighted by Gasteiger charge is 2.20. The van der Waals surface area contributed by atoms with Crippen LogP contribution in [0.3, 0.4) is 0 Å². The Kier molecular flexibility index (Phi) is 7.07. The quantitative estimate of drug-likeness (QED) is 0.815. The van der Waals surface area contributed by atoms with Crippen molar-refractivity contribution < 1.29 is 10.1 Å². The molecule has 134 valence electrons. The smallest absolute Gasteiger partial charge is 0.275 e. The van der Waals surface area contributed by atoms with Gasteiger partial charge in [0.05, 0.1) is 12.1 Å². The Labute approximate surface area is 154 Å². The van der Waals surface area contributed by atoms with Crippen LogP contribution in [0.4, 0.5) is 0 Å². The van der Waals surface area contributed by atoms with Crippen LogP contribution >= 0.6 is 11.3 Å². The van der Waals surface area contributed by atoms with E-state index in [0.29, 0.717) is 12.6 Å². The first-order valence-corrected chi connectivity index (χ1v) is 10.4. The third kappa shape index (κ3) is 5.68. The summed E-state index contributed by atoms with van der Waals surface area (Å²) in [5.41, 5.74) is 1.14. The standard InChI is InChI=1S/C21H28N2OS/c24-20(16-22-18-12-7-2-1-3-8-13-18)23-21(19-14-9-15-25-19)17-10-5-4-6-11-17/h4-6,9-11,14-15,18,21-22H,1-3,7-8,12-13,16H2,(H,23,24)/p+1/t21-/m0/s1. The summed E-state index contributed by atoms with van der Waals surface area (Å²) in [6.07, 6.45) is 9.21. The largest absolute Gasteiger partial charge is 0.339 e. The summed E-state index contributed by atoms with van der Waals surface area (Å²) in [5, 5.41) is 7.57. The van der Waals surface area contributed by atoms with Crippen molar-refractivity contribution in [3.63, 3.8) is 0 Å². The molecule has 2 aromatic rings. The summed E-state index contributed by atoms with van der Waals surface area (Å²) in [4.78, 5) is 13.8. The Morgan fingerprint density at radius 1 is 1.04 bits per heavy atom. The van der Waals surface area contributed by atoms with Gasteiger partial charge in [0.15, 0.2) is 6.54 Å². The van der Waals surface area contributed by atoms with Crippen molar-refractivity contribution in [3.8, 4) is 0 Å². The molecule has 1 fully saturated rings. The van der Waals surface area contributed by atoms with Gasteiger partial charge in [-0.1, -0.05) is 55.7 Å². The molecule has 4 heteroatoms. The summed E-state index contributed by atoms with van der Waals surface area (Å²) in [7, 11) is 0. The fraction of sp³-hybridized carbons (Fsp3) is 0.476. The topological polar surface area (TPSA) is 45.7 Å². The van der Waals surface area contributed by atoms with E-state index in [1.165, 1.54) is 49.8 Å². The highest BCUT2D eigenvalue weighted by molar-refractivity contribution is 7.10. The van der Waals surface area contributed by atoms with E-state index in [4.69, 9.17) is 0 Å². The van der Waals surface area contributed by atoms with Crippen LogP contribution < -0.4 is 10.6 Å². The Bertz CT molecular complexity index is 619. The number of amides is 1. The number of carbonyl (C=O) groups excluding carboxylic acids is 1. The lowest BCUT2D eigenvalue weighted by Gasteiger charge is -2.20. The molecular formula is C21H29N2OS+. The molecule has 25 heavy (non-hydrogen) atoms. The van der Waals surface area contributed by atoms with Crippen molar-refractivity contribution in [1.29, 1.82) is 0 Å². The highest BCUT2D eigenvalue weighted by Crippen LogP contribution is 2.25. The van der Waals surface area contributed by atoms with Crippen LogP contribution in [0.5, 0.6) is 0 Å². The molecule has 0 radical (unpaired) electrons. The van der Waals surface area contributed by atoms with E-state index in [-0.39, 0.29) is 11.9 Å². The molecule has 0 bridgehead atoms. The second-order valence-corrected chi connectivity index (χ2v) is 7.95. The summed E-state index contributed by atoms with van der Waals surface area (Å²) < 4.78 is 0. The molecule has 1 aromatic heterocycles. The van der Waals surface area contributed by atoms with Crippen LogP contribution in [0.25, 0.3) is 0 Å². The first-order chi connectivity index (χ1) is 12.3. The van der Waals surface area contributed by atoms with E-state index in [9.17, 15) is 4.79 Å². The monoisotopic (exact) mass is 357 g/mol. The molecule has 1 amide bonds. The van der Waals surface area contributed by atoms with Gasteiger partial charge in [-0.2, -0.15) is 0 Å². The number of nitrogens with one attached hydrogen (secondary N) is 1. The number of quaternary nitrogens is 1. The minimum Gasteiger partial charge on any atom is -0.339 e. The van der Waals surface area contributed by atoms with Crippen molar-refractivity contribution in [3.05, 3.63) is 58.3 Å². The molecule has 0 unspecified atom stereocenters. The first kappa shape index (κ1) is 18.2. The molecular weight excluding hydrogens is 328 g/mol. The van der Waals surface area contributed by atoms with Crippen LogP contribution in [0.2, 0.25) is 0 Å². The molecule has 3 rings (SSSR count). The zero-order valence-corrected chi connectivity index (χ0v) is 15.6. The number of rotatable bonds is 6. The van der Waals surface area contributed by atoms with E-state index in [2.05, 4.69) is 34.2 Å². The maximum absolute atomic E-state index is 12.6. The van der Waals surface area contributed by atoms with E-state index >= 15 is 0 Å². The number of thiophene rings is 1. The average Bonchev–Trinajstić information content (AvgIpc) is 3.14. The van der Waals surface area contributed by atoms with Crippen molar-refractivity contribution in [1.82, 2.24) is 5.32 Å². The van der Waals surface area contributed by atoms with Gasteiger partial charge in [0, 0.05) is 4.88 Å². The van der Waals surface area contributed by atoms with E-state index in [0.717, 1.165) is 5.56 Å². The van der Waals surface area contributed by atoms with Crippen molar-refractivity contribution in [2.75, 3.05) is 6.54 Å². The maximum atomic E-state index is 12.6. The molecule has 3 nitrogen and oxygen atoms in total. The Morgan fingerprint density at radius 3 is 2.44 bits per heavy atom. The second kappa shape index (κ2) is 9.73. The number of benzene rings is 1. The van der Waals surface area contributed by atoms with E-state index in [1.807, 2.05) is 24.3 Å². The number of hydrogen-bond donors (Lipinski definition) is 2. The predicted molar refractivity (Wildman–Crippen MR) is 104 cm³/mol. The molecule has 1 saturated carbocycles. The highest BCUT2D eigenvalue weighted by atomic mass is 32.1. The van der Waals surface area contributed by atoms with Crippen molar-refractivity contribution in [2.24, 2.45) is 0 Å². The lowest BCUT2D eigenvalue weighted by molar-refractivity contribution is -0.680. The molecule has 1 aliphatic rings. The van der Waals surface area contributed by atoms with Gasteiger partial charge >= 0.3 is 0 Å². The van der Waals surface area contributed by atoms with Crippen LogP contribution in [-0.4, -0.2) is 18.5 Å². The maximum Gasteiger partial charge on any atom is 0.275 e. The van der Waals surface area contributed by atoms with Gasteiger partial charge in [-0.15, -0.1) is 11.3 Å². The molecule has 3 N–H and O–H groups in total. The third-order valence-corrected chi connectivity index (χ3v) is 5.99. The zero-order valence-electron chi connectivity index (χ0n) is 14.8. The SMILES string of the molecule is O=C(C[NH2+]C1CCCCCCC1)N[C@@H](c1ccccc1)c1cccs1. The van der Waals surface area contributed by atoms with Crippen molar-refractivity contribution >= 4 is 17.2 Å². The van der Waals surface area contributed by atoms with E-state index in [1.54, 1.807) is 11.3 Å². The fourth-order valence-electron chi connectivity index (χ4n) is 3.64. The Hall–Kier alpha value is -1.65. The normalized spacial score (nSPS) is 17.4. The molecule has 1 aromatic carbocycles. The summed E-state index contributed by atoms with van der Waals surface area (Å²) in [6, 6.07) is 15.0. The van der Waals surface area contributed by atoms with Crippen LogP contribution in [0.1, 0.15) is 61.4 Å². The van der Waals surface area contributed by atoms with Gasteiger partial charge in [-0.3, -0.25) is 4.79 Å². The fourth-order valence-corrected chi connectivity index (χ4v) is 4.44. The van der Waals surface area contributed by atoms with Crippen LogP contribution in [0.15, 0.2) is 47.8 Å². The summed E-state index contributed by atoms with van der Waals surface area (Å²) >= 11 is 1.69. The molecule has 1 aliphatic carbocycles. The Balaban J connectivity index is 1.57. The predicted octanol–water partition coefficient (Wildman–Crippen LogP) is 3.63. The summed E-state index contributed by atoms with van der Waals surface area (Å²) in [6.45, 7) is 0.527.